The number of halogens is 1. The number of rotatable bonds is 11. The van der Waals surface area contributed by atoms with Crippen LogP contribution in [-0.4, -0.2) is 50.5 Å². The van der Waals surface area contributed by atoms with Crippen LogP contribution in [0.3, 0.4) is 0 Å². The van der Waals surface area contributed by atoms with Crippen molar-refractivity contribution in [1.82, 2.24) is 10.2 Å². The van der Waals surface area contributed by atoms with E-state index in [9.17, 15) is 22.4 Å². The van der Waals surface area contributed by atoms with Gasteiger partial charge in [-0.25, -0.2) is 12.8 Å². The Bertz CT molecular complexity index is 1130. The summed E-state index contributed by atoms with van der Waals surface area (Å²) in [6.45, 7) is 9.55. The molecule has 0 radical (unpaired) electrons. The summed E-state index contributed by atoms with van der Waals surface area (Å²) in [5.74, 6) is -1.02. The molecular weight excluding hydrogens is 469 g/mol. The Morgan fingerprint density at radius 2 is 1.66 bits per heavy atom. The Hall–Kier alpha value is -2.94. The summed E-state index contributed by atoms with van der Waals surface area (Å²) in [7, 11) is -3.79. The van der Waals surface area contributed by atoms with Crippen LogP contribution in [0.4, 0.5) is 10.1 Å². The van der Waals surface area contributed by atoms with Crippen LogP contribution in [0.15, 0.2) is 42.5 Å². The quantitative estimate of drug-likeness (QED) is 0.504. The molecule has 0 aliphatic heterocycles. The van der Waals surface area contributed by atoms with Crippen LogP contribution in [-0.2, 0) is 26.2 Å². The molecule has 1 unspecified atom stereocenters. The number of nitrogens with zero attached hydrogens (tertiary/aromatic N) is 2. The molecule has 2 aromatic carbocycles. The molecule has 0 spiro atoms. The van der Waals surface area contributed by atoms with Crippen molar-refractivity contribution in [2.45, 2.75) is 53.6 Å². The first-order valence-electron chi connectivity index (χ1n) is 11.7. The van der Waals surface area contributed by atoms with Gasteiger partial charge in [-0.1, -0.05) is 39.0 Å². The minimum absolute atomic E-state index is 0.0389. The van der Waals surface area contributed by atoms with Crippen LogP contribution < -0.4 is 9.62 Å². The molecule has 192 valence electrons. The van der Waals surface area contributed by atoms with Crippen molar-refractivity contribution in [2.24, 2.45) is 5.92 Å². The molecule has 0 fully saturated rings. The molecule has 0 bridgehead atoms. The zero-order valence-electron chi connectivity index (χ0n) is 21.3. The van der Waals surface area contributed by atoms with Crippen molar-refractivity contribution < 1.29 is 22.4 Å². The summed E-state index contributed by atoms with van der Waals surface area (Å²) < 4.78 is 39.8. The van der Waals surface area contributed by atoms with E-state index in [1.54, 1.807) is 37.3 Å². The molecule has 0 saturated heterocycles. The van der Waals surface area contributed by atoms with Crippen molar-refractivity contribution in [3.8, 4) is 0 Å². The zero-order valence-corrected chi connectivity index (χ0v) is 22.2. The standard InChI is InChI=1S/C26H36FN3O4S/c1-7-24(26(32)28-15-18(2)3)29(16-21-9-11-22(27)12-10-21)25(31)17-30(35(6,33)34)23-13-8-19(4)20(5)14-23/h8-14,18,24H,7,15-17H2,1-6H3,(H,28,32). The SMILES string of the molecule is CCC(C(=O)NCC(C)C)N(Cc1ccc(F)cc1)C(=O)CN(c1ccc(C)c(C)c1)S(C)(=O)=O. The van der Waals surface area contributed by atoms with Crippen molar-refractivity contribution in [3.63, 3.8) is 0 Å². The second kappa shape index (κ2) is 12.2. The Labute approximate surface area is 208 Å². The van der Waals surface area contributed by atoms with E-state index < -0.39 is 34.3 Å². The highest BCUT2D eigenvalue weighted by Crippen LogP contribution is 2.22. The maximum atomic E-state index is 13.6. The number of amides is 2. The number of sulfonamides is 1. The van der Waals surface area contributed by atoms with Crippen LogP contribution >= 0.6 is 0 Å². The molecule has 0 aliphatic carbocycles. The molecule has 0 heterocycles. The predicted molar refractivity (Wildman–Crippen MR) is 137 cm³/mol. The molecule has 35 heavy (non-hydrogen) atoms. The minimum Gasteiger partial charge on any atom is -0.354 e. The topological polar surface area (TPSA) is 86.8 Å². The molecule has 0 aliphatic rings. The number of anilines is 1. The summed E-state index contributed by atoms with van der Waals surface area (Å²) in [5, 5.41) is 2.87. The molecule has 2 rings (SSSR count). The van der Waals surface area contributed by atoms with Gasteiger partial charge in [0.25, 0.3) is 0 Å². The number of hydrogen-bond donors (Lipinski definition) is 1. The van der Waals surface area contributed by atoms with Gasteiger partial charge in [-0.15, -0.1) is 0 Å². The fourth-order valence-corrected chi connectivity index (χ4v) is 4.46. The van der Waals surface area contributed by atoms with Gasteiger partial charge in [0.05, 0.1) is 11.9 Å². The van der Waals surface area contributed by atoms with Gasteiger partial charge in [-0.05, 0) is 67.1 Å². The smallest absolute Gasteiger partial charge is 0.244 e. The van der Waals surface area contributed by atoms with Gasteiger partial charge in [0, 0.05) is 13.1 Å². The third-order valence-electron chi connectivity index (χ3n) is 5.79. The van der Waals surface area contributed by atoms with Crippen LogP contribution in [0.2, 0.25) is 0 Å². The second-order valence-electron chi connectivity index (χ2n) is 9.25. The van der Waals surface area contributed by atoms with E-state index in [2.05, 4.69) is 5.32 Å². The molecule has 2 aromatic rings. The van der Waals surface area contributed by atoms with E-state index in [-0.39, 0.29) is 18.4 Å². The summed E-state index contributed by atoms with van der Waals surface area (Å²) in [5.41, 5.74) is 2.90. The number of aryl methyl sites for hydroxylation is 2. The van der Waals surface area contributed by atoms with Crippen LogP contribution in [0.1, 0.15) is 43.9 Å². The normalized spacial score (nSPS) is 12.3. The van der Waals surface area contributed by atoms with Crippen LogP contribution in [0.25, 0.3) is 0 Å². The number of hydrogen-bond acceptors (Lipinski definition) is 4. The molecular formula is C26H36FN3O4S. The Balaban J connectivity index is 2.43. The molecule has 1 N–H and O–H groups in total. The van der Waals surface area contributed by atoms with E-state index in [4.69, 9.17) is 0 Å². The predicted octanol–water partition coefficient (Wildman–Crippen LogP) is 3.79. The Kier molecular flexibility index (Phi) is 9.82. The third-order valence-corrected chi connectivity index (χ3v) is 6.93. The fraction of sp³-hybridized carbons (Fsp3) is 0.462. The van der Waals surface area contributed by atoms with Gasteiger partial charge < -0.3 is 10.2 Å². The van der Waals surface area contributed by atoms with Gasteiger partial charge in [0.15, 0.2) is 0 Å². The molecule has 2 amide bonds. The molecule has 0 saturated carbocycles. The number of nitrogens with one attached hydrogen (secondary N) is 1. The maximum absolute atomic E-state index is 13.6. The third kappa shape index (κ3) is 8.06. The van der Waals surface area contributed by atoms with Gasteiger partial charge in [0.1, 0.15) is 18.4 Å². The van der Waals surface area contributed by atoms with Gasteiger partial charge in [-0.3, -0.25) is 13.9 Å². The van der Waals surface area contributed by atoms with E-state index in [0.29, 0.717) is 24.2 Å². The van der Waals surface area contributed by atoms with E-state index in [1.807, 2.05) is 27.7 Å². The van der Waals surface area contributed by atoms with Gasteiger partial charge >= 0.3 is 0 Å². The maximum Gasteiger partial charge on any atom is 0.244 e. The molecule has 9 heteroatoms. The summed E-state index contributed by atoms with van der Waals surface area (Å²) in [6.07, 6.45) is 1.38. The fourth-order valence-electron chi connectivity index (χ4n) is 3.62. The molecule has 0 aromatic heterocycles. The lowest BCUT2D eigenvalue weighted by Crippen LogP contribution is -2.52. The van der Waals surface area contributed by atoms with E-state index in [0.717, 1.165) is 21.7 Å². The van der Waals surface area contributed by atoms with Crippen molar-refractivity contribution in [3.05, 3.63) is 65.0 Å². The monoisotopic (exact) mass is 505 g/mol. The first-order chi connectivity index (χ1) is 16.3. The summed E-state index contributed by atoms with van der Waals surface area (Å²) in [4.78, 5) is 28.0. The Morgan fingerprint density at radius 1 is 1.03 bits per heavy atom. The van der Waals surface area contributed by atoms with Crippen molar-refractivity contribution in [2.75, 3.05) is 23.7 Å². The summed E-state index contributed by atoms with van der Waals surface area (Å²) >= 11 is 0. The van der Waals surface area contributed by atoms with Crippen molar-refractivity contribution in [1.29, 1.82) is 0 Å². The van der Waals surface area contributed by atoms with Crippen LogP contribution in [0.5, 0.6) is 0 Å². The highest BCUT2D eigenvalue weighted by atomic mass is 32.2. The van der Waals surface area contributed by atoms with E-state index in [1.165, 1.54) is 17.0 Å². The number of carbonyl (C=O) groups excluding carboxylic acids is 2. The average Bonchev–Trinajstić information content (AvgIpc) is 2.78. The highest BCUT2D eigenvalue weighted by Gasteiger charge is 2.31. The van der Waals surface area contributed by atoms with Gasteiger partial charge in [0.2, 0.25) is 21.8 Å². The van der Waals surface area contributed by atoms with E-state index >= 15 is 0 Å². The lowest BCUT2D eigenvalue weighted by molar-refractivity contribution is -0.140. The van der Waals surface area contributed by atoms with Crippen molar-refractivity contribution >= 4 is 27.5 Å². The highest BCUT2D eigenvalue weighted by molar-refractivity contribution is 7.92. The molecule has 1 atom stereocenters. The summed E-state index contributed by atoms with van der Waals surface area (Å²) in [6, 6.07) is 10.0. The zero-order chi connectivity index (χ0) is 26.3. The average molecular weight is 506 g/mol. The molecule has 7 nitrogen and oxygen atoms in total. The lowest BCUT2D eigenvalue weighted by Gasteiger charge is -2.33. The lowest BCUT2D eigenvalue weighted by atomic mass is 10.1. The first-order valence-corrected chi connectivity index (χ1v) is 13.5. The van der Waals surface area contributed by atoms with Gasteiger partial charge in [-0.2, -0.15) is 0 Å². The number of carbonyl (C=O) groups is 2. The Morgan fingerprint density at radius 3 is 2.17 bits per heavy atom. The second-order valence-corrected chi connectivity index (χ2v) is 11.2. The number of benzene rings is 2. The largest absolute Gasteiger partial charge is 0.354 e. The minimum atomic E-state index is -3.79. The first kappa shape index (κ1) is 28.3. The van der Waals surface area contributed by atoms with Crippen LogP contribution in [0, 0.1) is 25.6 Å².